The van der Waals surface area contributed by atoms with Crippen LogP contribution in [-0.2, 0) is 11.2 Å². The average molecular weight is 386 g/mol. The van der Waals surface area contributed by atoms with Gasteiger partial charge in [0, 0.05) is 28.5 Å². The van der Waals surface area contributed by atoms with Gasteiger partial charge in [-0.15, -0.1) is 0 Å². The number of rotatable bonds is 6. The van der Waals surface area contributed by atoms with E-state index in [4.69, 9.17) is 11.6 Å². The number of aromatic nitrogens is 2. The predicted molar refractivity (Wildman–Crippen MR) is 96.5 cm³/mol. The minimum Gasteiger partial charge on any atom is -0.326 e. The molecule has 2 aromatic rings. The summed E-state index contributed by atoms with van der Waals surface area (Å²) in [6, 6.07) is 5.32. The average Bonchev–Trinajstić information content (AvgIpc) is 2.49. The number of hydrogen-bond donors (Lipinski definition) is 1. The highest BCUT2D eigenvalue weighted by Gasteiger charge is 2.14. The third-order valence-corrected chi connectivity index (χ3v) is 4.63. The van der Waals surface area contributed by atoms with Gasteiger partial charge < -0.3 is 5.32 Å². The largest absolute Gasteiger partial charge is 0.326 e. The van der Waals surface area contributed by atoms with Gasteiger partial charge in [0.05, 0.1) is 0 Å². The quantitative estimate of drug-likeness (QED) is 0.565. The molecule has 8 heteroatoms. The van der Waals surface area contributed by atoms with Crippen molar-refractivity contribution in [2.75, 3.05) is 5.32 Å². The van der Waals surface area contributed by atoms with Crippen LogP contribution in [-0.4, -0.2) is 21.6 Å². The number of carbonyl (C=O) groups excluding carboxylic acids is 1. The lowest BCUT2D eigenvalue weighted by Crippen LogP contribution is -2.14. The number of alkyl halides is 2. The molecule has 0 atom stereocenters. The molecule has 1 aromatic carbocycles. The van der Waals surface area contributed by atoms with Crippen molar-refractivity contribution in [1.82, 2.24) is 9.97 Å². The van der Waals surface area contributed by atoms with Crippen molar-refractivity contribution in [3.63, 3.8) is 0 Å². The van der Waals surface area contributed by atoms with Gasteiger partial charge in [-0.1, -0.05) is 17.7 Å². The van der Waals surface area contributed by atoms with Gasteiger partial charge in [0.25, 0.3) is 5.76 Å². The first-order valence-corrected chi connectivity index (χ1v) is 8.87. The fourth-order valence-corrected chi connectivity index (χ4v) is 3.05. The first kappa shape index (κ1) is 19.6. The van der Waals surface area contributed by atoms with Crippen molar-refractivity contribution in [3.8, 4) is 0 Å². The van der Waals surface area contributed by atoms with Crippen LogP contribution < -0.4 is 5.32 Å². The van der Waals surface area contributed by atoms with Crippen LogP contribution in [0.1, 0.15) is 28.9 Å². The predicted octanol–water partition coefficient (Wildman–Crippen LogP) is 4.94. The summed E-state index contributed by atoms with van der Waals surface area (Å²) in [6.45, 7) is 5.35. The van der Waals surface area contributed by atoms with E-state index in [1.165, 1.54) is 0 Å². The lowest BCUT2D eigenvalue weighted by molar-refractivity contribution is -0.116. The molecule has 0 fully saturated rings. The Morgan fingerprint density at radius 2 is 1.88 bits per heavy atom. The number of aryl methyl sites for hydroxylation is 3. The molecule has 25 heavy (non-hydrogen) atoms. The number of amides is 1. The molecular formula is C17H18ClF2N3OS. The van der Waals surface area contributed by atoms with E-state index in [0.717, 1.165) is 11.1 Å². The van der Waals surface area contributed by atoms with E-state index in [1.807, 2.05) is 13.0 Å². The third kappa shape index (κ3) is 5.64. The van der Waals surface area contributed by atoms with Crippen LogP contribution in [0.2, 0.25) is 5.02 Å². The Hall–Kier alpha value is -1.73. The number of benzene rings is 1. The molecule has 4 nitrogen and oxygen atoms in total. The molecule has 0 aliphatic carbocycles. The van der Waals surface area contributed by atoms with Crippen LogP contribution in [0.3, 0.4) is 0 Å². The number of nitrogens with one attached hydrogen (secondary N) is 1. The maximum absolute atomic E-state index is 12.4. The highest BCUT2D eigenvalue weighted by molar-refractivity contribution is 7.99. The molecule has 134 valence electrons. The van der Waals surface area contributed by atoms with E-state index in [-0.39, 0.29) is 17.5 Å². The highest BCUT2D eigenvalue weighted by atomic mass is 35.5. The molecule has 1 N–H and O–H groups in total. The summed E-state index contributed by atoms with van der Waals surface area (Å²) in [5.74, 6) is -2.72. The van der Waals surface area contributed by atoms with Crippen molar-refractivity contribution in [2.45, 2.75) is 44.5 Å². The van der Waals surface area contributed by atoms with Gasteiger partial charge in [0.2, 0.25) is 5.91 Å². The maximum atomic E-state index is 12.4. The molecular weight excluding hydrogens is 368 g/mol. The number of halogens is 3. The Labute approximate surface area is 154 Å². The maximum Gasteiger partial charge on any atom is 0.291 e. The zero-order valence-corrected chi connectivity index (χ0v) is 15.6. The molecule has 0 radical (unpaired) electrons. The summed E-state index contributed by atoms with van der Waals surface area (Å²) in [6.07, 6.45) is 0.667. The Morgan fingerprint density at radius 1 is 1.24 bits per heavy atom. The molecule has 0 spiro atoms. The smallest absolute Gasteiger partial charge is 0.291 e. The second-order valence-corrected chi connectivity index (χ2v) is 6.91. The second kappa shape index (κ2) is 8.58. The van der Waals surface area contributed by atoms with Crippen LogP contribution in [0.4, 0.5) is 14.5 Å². The van der Waals surface area contributed by atoms with E-state index >= 15 is 0 Å². The van der Waals surface area contributed by atoms with Gasteiger partial charge in [0.1, 0.15) is 0 Å². The standard InChI is InChI=1S/C17H18ClF2N3OS/c1-9-4-5-12(8-14(9)18)23-15(24)7-6-13-10(2)21-17(22-11(13)3)25-16(19)20/h4-5,8,16H,6-7H2,1-3H3,(H,23,24). The molecule has 1 heterocycles. The van der Waals surface area contributed by atoms with E-state index in [0.29, 0.717) is 40.3 Å². The molecule has 0 aliphatic rings. The van der Waals surface area contributed by atoms with Crippen LogP contribution in [0.25, 0.3) is 0 Å². The molecule has 0 bridgehead atoms. The van der Waals surface area contributed by atoms with Gasteiger partial charge in [-0.25, -0.2) is 9.97 Å². The molecule has 0 saturated heterocycles. The van der Waals surface area contributed by atoms with Crippen molar-refractivity contribution < 1.29 is 13.6 Å². The van der Waals surface area contributed by atoms with Crippen molar-refractivity contribution in [2.24, 2.45) is 0 Å². The number of hydrogen-bond acceptors (Lipinski definition) is 4. The van der Waals surface area contributed by atoms with Gasteiger partial charge in [-0.3, -0.25) is 4.79 Å². The van der Waals surface area contributed by atoms with Crippen LogP contribution in [0, 0.1) is 20.8 Å². The van der Waals surface area contributed by atoms with Crippen molar-refractivity contribution >= 4 is 35.0 Å². The summed E-state index contributed by atoms with van der Waals surface area (Å²) in [5, 5.41) is 3.43. The van der Waals surface area contributed by atoms with Crippen molar-refractivity contribution in [3.05, 3.63) is 45.7 Å². The van der Waals surface area contributed by atoms with Crippen LogP contribution >= 0.6 is 23.4 Å². The minimum absolute atomic E-state index is 0.0486. The van der Waals surface area contributed by atoms with Gasteiger partial charge in [-0.2, -0.15) is 8.78 Å². The second-order valence-electron chi connectivity index (χ2n) is 5.55. The molecule has 0 aliphatic heterocycles. The molecule has 0 saturated carbocycles. The minimum atomic E-state index is -2.56. The number of thioether (sulfide) groups is 1. The van der Waals surface area contributed by atoms with Crippen molar-refractivity contribution in [1.29, 1.82) is 0 Å². The van der Waals surface area contributed by atoms with E-state index in [1.54, 1.807) is 26.0 Å². The fraction of sp³-hybridized carbons (Fsp3) is 0.353. The first-order valence-electron chi connectivity index (χ1n) is 7.61. The van der Waals surface area contributed by atoms with E-state index in [2.05, 4.69) is 15.3 Å². The molecule has 0 unspecified atom stereocenters. The number of carbonyl (C=O) groups is 1. The topological polar surface area (TPSA) is 54.9 Å². The Kier molecular flexibility index (Phi) is 6.72. The summed E-state index contributed by atoms with van der Waals surface area (Å²) in [5.41, 5.74) is 3.60. The number of nitrogens with zero attached hydrogens (tertiary/aromatic N) is 2. The van der Waals surface area contributed by atoms with E-state index in [9.17, 15) is 13.6 Å². The van der Waals surface area contributed by atoms with Crippen LogP contribution in [0.15, 0.2) is 23.4 Å². The first-order chi connectivity index (χ1) is 11.8. The molecule has 1 aromatic heterocycles. The van der Waals surface area contributed by atoms with Gasteiger partial charge >= 0.3 is 0 Å². The summed E-state index contributed by atoms with van der Waals surface area (Å²) in [4.78, 5) is 20.3. The zero-order chi connectivity index (χ0) is 18.6. The third-order valence-electron chi connectivity index (χ3n) is 3.65. The van der Waals surface area contributed by atoms with Gasteiger partial charge in [0.15, 0.2) is 5.16 Å². The normalized spacial score (nSPS) is 11.0. The monoisotopic (exact) mass is 385 g/mol. The lowest BCUT2D eigenvalue weighted by Gasteiger charge is -2.11. The summed E-state index contributed by atoms with van der Waals surface area (Å²) >= 11 is 6.36. The fourth-order valence-electron chi connectivity index (χ4n) is 2.34. The molecule has 1 amide bonds. The Balaban J connectivity index is 2.00. The highest BCUT2D eigenvalue weighted by Crippen LogP contribution is 2.24. The summed E-state index contributed by atoms with van der Waals surface area (Å²) in [7, 11) is 0. The number of anilines is 1. The summed E-state index contributed by atoms with van der Waals surface area (Å²) < 4.78 is 24.8. The van der Waals surface area contributed by atoms with E-state index < -0.39 is 5.76 Å². The Morgan fingerprint density at radius 3 is 2.44 bits per heavy atom. The Bertz CT molecular complexity index is 763. The SMILES string of the molecule is Cc1ccc(NC(=O)CCc2c(C)nc(SC(F)F)nc2C)cc1Cl. The van der Waals surface area contributed by atoms with Gasteiger partial charge in [-0.05, 0) is 62.2 Å². The molecule has 2 rings (SSSR count). The lowest BCUT2D eigenvalue weighted by atomic mass is 10.1. The zero-order valence-electron chi connectivity index (χ0n) is 14.1. The van der Waals surface area contributed by atoms with Crippen LogP contribution in [0.5, 0.6) is 0 Å².